The number of anilines is 1. The second kappa shape index (κ2) is 7.58. The zero-order chi connectivity index (χ0) is 17.8. The fourth-order valence-electron chi connectivity index (χ4n) is 2.28. The Morgan fingerprint density at radius 3 is 2.88 bits per heavy atom. The molecule has 0 bridgehead atoms. The van der Waals surface area contributed by atoms with Crippen LogP contribution in [0.1, 0.15) is 16.1 Å². The molecule has 6 nitrogen and oxygen atoms in total. The molecule has 8 heteroatoms. The summed E-state index contributed by atoms with van der Waals surface area (Å²) in [6.45, 7) is 1.79. The first kappa shape index (κ1) is 17.3. The van der Waals surface area contributed by atoms with Crippen LogP contribution in [0.5, 0.6) is 0 Å². The summed E-state index contributed by atoms with van der Waals surface area (Å²) in [4.78, 5) is 32.7. The van der Waals surface area contributed by atoms with E-state index in [0.29, 0.717) is 16.6 Å². The van der Waals surface area contributed by atoms with Gasteiger partial charge in [0.05, 0.1) is 5.69 Å². The van der Waals surface area contributed by atoms with Gasteiger partial charge in [-0.3, -0.25) is 9.36 Å². The summed E-state index contributed by atoms with van der Waals surface area (Å²) in [6.07, 6.45) is 3.56. The van der Waals surface area contributed by atoms with Crippen LogP contribution in [0.15, 0.2) is 47.5 Å². The molecule has 3 rings (SSSR count). The second-order valence-electron chi connectivity index (χ2n) is 5.37. The van der Waals surface area contributed by atoms with Gasteiger partial charge in [-0.05, 0) is 24.6 Å². The number of aromatic nitrogens is 3. The highest BCUT2D eigenvalue weighted by Gasteiger charge is 2.13. The molecule has 2 heterocycles. The normalized spacial score (nSPS) is 10.6. The third-order valence-corrected chi connectivity index (χ3v) is 4.99. The molecule has 0 radical (unpaired) electrons. The maximum atomic E-state index is 12.1. The largest absolute Gasteiger partial charge is 0.347 e. The average Bonchev–Trinajstić information content (AvgIpc) is 2.91. The Balaban J connectivity index is 1.70. The van der Waals surface area contributed by atoms with E-state index < -0.39 is 5.69 Å². The van der Waals surface area contributed by atoms with Crippen molar-refractivity contribution in [3.05, 3.63) is 74.4 Å². The number of hydrogen-bond donors (Lipinski definition) is 1. The van der Waals surface area contributed by atoms with Crippen molar-refractivity contribution in [2.24, 2.45) is 0 Å². The van der Waals surface area contributed by atoms with Gasteiger partial charge >= 0.3 is 5.69 Å². The van der Waals surface area contributed by atoms with Crippen LogP contribution >= 0.6 is 22.9 Å². The minimum atomic E-state index is -0.465. The standard InChI is InChI=1S/C17H15ClN4O2S/c1-11-14(9-12-5-2-3-6-13(12)18)25-16(20-11)21-15(23)10-22-8-4-7-19-17(22)24/h2-8H,9-10H2,1H3,(H,20,21,23). The Morgan fingerprint density at radius 2 is 2.12 bits per heavy atom. The summed E-state index contributed by atoms with van der Waals surface area (Å²) in [7, 11) is 0. The van der Waals surface area contributed by atoms with Gasteiger partial charge in [0.1, 0.15) is 6.54 Å². The first-order valence-electron chi connectivity index (χ1n) is 7.54. The maximum Gasteiger partial charge on any atom is 0.347 e. The summed E-state index contributed by atoms with van der Waals surface area (Å²) in [6, 6.07) is 9.24. The molecule has 2 aromatic heterocycles. The van der Waals surface area contributed by atoms with E-state index in [-0.39, 0.29) is 12.5 Å². The first-order chi connectivity index (χ1) is 12.0. The Labute approximate surface area is 153 Å². The van der Waals surface area contributed by atoms with Crippen LogP contribution in [0.4, 0.5) is 5.13 Å². The Kier molecular flexibility index (Phi) is 5.25. The second-order valence-corrected chi connectivity index (χ2v) is 6.86. The molecule has 1 N–H and O–H groups in total. The molecule has 0 atom stereocenters. The van der Waals surface area contributed by atoms with E-state index in [0.717, 1.165) is 16.1 Å². The number of carbonyl (C=O) groups excluding carboxylic acids is 1. The van der Waals surface area contributed by atoms with E-state index in [2.05, 4.69) is 15.3 Å². The molecule has 0 saturated carbocycles. The number of benzene rings is 1. The van der Waals surface area contributed by atoms with Crippen molar-refractivity contribution in [2.75, 3.05) is 5.32 Å². The number of carbonyl (C=O) groups is 1. The lowest BCUT2D eigenvalue weighted by Gasteiger charge is -2.03. The van der Waals surface area contributed by atoms with Crippen LogP contribution in [0.3, 0.4) is 0 Å². The van der Waals surface area contributed by atoms with Crippen molar-refractivity contribution in [3.8, 4) is 0 Å². The number of halogens is 1. The minimum Gasteiger partial charge on any atom is -0.300 e. The van der Waals surface area contributed by atoms with E-state index in [9.17, 15) is 9.59 Å². The monoisotopic (exact) mass is 374 g/mol. The third kappa shape index (κ3) is 4.32. The summed E-state index contributed by atoms with van der Waals surface area (Å²) >= 11 is 7.60. The third-order valence-electron chi connectivity index (χ3n) is 3.54. The molecule has 1 amide bonds. The van der Waals surface area contributed by atoms with Crippen molar-refractivity contribution in [2.45, 2.75) is 19.9 Å². The predicted octanol–water partition coefficient (Wildman–Crippen LogP) is 2.89. The number of aryl methyl sites for hydroxylation is 1. The molecule has 0 aliphatic heterocycles. The molecule has 3 aromatic rings. The Hall–Kier alpha value is -2.51. The highest BCUT2D eigenvalue weighted by Crippen LogP contribution is 2.27. The smallest absolute Gasteiger partial charge is 0.300 e. The molecule has 0 fully saturated rings. The van der Waals surface area contributed by atoms with E-state index >= 15 is 0 Å². The van der Waals surface area contributed by atoms with Crippen LogP contribution in [0.2, 0.25) is 5.02 Å². The fourth-order valence-corrected chi connectivity index (χ4v) is 3.49. The lowest BCUT2D eigenvalue weighted by Crippen LogP contribution is -2.28. The Bertz CT molecular complexity index is 967. The average molecular weight is 375 g/mol. The van der Waals surface area contributed by atoms with Gasteiger partial charge in [-0.15, -0.1) is 11.3 Å². The van der Waals surface area contributed by atoms with Crippen molar-refractivity contribution < 1.29 is 4.79 Å². The number of nitrogens with zero attached hydrogens (tertiary/aromatic N) is 3. The van der Waals surface area contributed by atoms with E-state index in [1.807, 2.05) is 31.2 Å². The number of amides is 1. The van der Waals surface area contributed by atoms with Crippen LogP contribution < -0.4 is 11.0 Å². The van der Waals surface area contributed by atoms with Gasteiger partial charge in [-0.2, -0.15) is 0 Å². The molecule has 128 valence electrons. The zero-order valence-electron chi connectivity index (χ0n) is 13.4. The van der Waals surface area contributed by atoms with E-state index in [4.69, 9.17) is 11.6 Å². The summed E-state index contributed by atoms with van der Waals surface area (Å²) in [5.74, 6) is -0.326. The minimum absolute atomic E-state index is 0.106. The van der Waals surface area contributed by atoms with Gasteiger partial charge in [0.15, 0.2) is 5.13 Å². The van der Waals surface area contributed by atoms with E-state index in [1.165, 1.54) is 28.3 Å². The first-order valence-corrected chi connectivity index (χ1v) is 8.73. The van der Waals surface area contributed by atoms with Gasteiger partial charge in [0.25, 0.3) is 0 Å². The summed E-state index contributed by atoms with van der Waals surface area (Å²) in [5.41, 5.74) is 1.39. The molecule has 25 heavy (non-hydrogen) atoms. The molecule has 0 saturated heterocycles. The molecular weight excluding hydrogens is 360 g/mol. The highest BCUT2D eigenvalue weighted by atomic mass is 35.5. The molecular formula is C17H15ClN4O2S. The van der Waals surface area contributed by atoms with Gasteiger partial charge in [-0.25, -0.2) is 14.8 Å². The molecule has 1 aromatic carbocycles. The lowest BCUT2D eigenvalue weighted by atomic mass is 10.1. The van der Waals surface area contributed by atoms with Crippen LogP contribution in [0, 0.1) is 6.92 Å². The number of thiazole rings is 1. The van der Waals surface area contributed by atoms with Gasteiger partial charge in [0.2, 0.25) is 5.91 Å². The molecule has 0 unspecified atom stereocenters. The van der Waals surface area contributed by atoms with Gasteiger partial charge in [-0.1, -0.05) is 29.8 Å². The highest BCUT2D eigenvalue weighted by molar-refractivity contribution is 7.15. The van der Waals surface area contributed by atoms with Gasteiger partial charge < -0.3 is 5.32 Å². The van der Waals surface area contributed by atoms with E-state index in [1.54, 1.807) is 6.07 Å². The molecule has 0 aliphatic rings. The molecule has 0 spiro atoms. The molecule has 0 aliphatic carbocycles. The predicted molar refractivity (Wildman–Crippen MR) is 98.2 cm³/mol. The quantitative estimate of drug-likeness (QED) is 0.745. The van der Waals surface area contributed by atoms with Crippen molar-refractivity contribution in [3.63, 3.8) is 0 Å². The fraction of sp³-hybridized carbons (Fsp3) is 0.176. The van der Waals surface area contributed by atoms with Crippen LogP contribution in [0.25, 0.3) is 0 Å². The summed E-state index contributed by atoms with van der Waals surface area (Å²) < 4.78 is 1.24. The zero-order valence-corrected chi connectivity index (χ0v) is 15.0. The topological polar surface area (TPSA) is 76.9 Å². The number of rotatable bonds is 5. The summed E-state index contributed by atoms with van der Waals surface area (Å²) in [5, 5.41) is 3.93. The maximum absolute atomic E-state index is 12.1. The lowest BCUT2D eigenvalue weighted by molar-refractivity contribution is -0.116. The van der Waals surface area contributed by atoms with Crippen molar-refractivity contribution >= 4 is 34.0 Å². The Morgan fingerprint density at radius 1 is 1.32 bits per heavy atom. The van der Waals surface area contributed by atoms with Crippen LogP contribution in [-0.2, 0) is 17.8 Å². The number of hydrogen-bond acceptors (Lipinski definition) is 5. The van der Waals surface area contributed by atoms with Crippen LogP contribution in [-0.4, -0.2) is 20.4 Å². The van der Waals surface area contributed by atoms with Gasteiger partial charge in [0, 0.05) is 28.7 Å². The van der Waals surface area contributed by atoms with Crippen molar-refractivity contribution in [1.29, 1.82) is 0 Å². The SMILES string of the molecule is Cc1nc(NC(=O)Cn2cccnc2=O)sc1Cc1ccccc1Cl. The number of nitrogens with one attached hydrogen (secondary N) is 1. The van der Waals surface area contributed by atoms with Crippen molar-refractivity contribution in [1.82, 2.24) is 14.5 Å².